The number of carboxylic acids is 1. The summed E-state index contributed by atoms with van der Waals surface area (Å²) in [5.41, 5.74) is 5.82. The summed E-state index contributed by atoms with van der Waals surface area (Å²) in [6.07, 6.45) is 1.88. The number of carbonyl (C=O) groups excluding carboxylic acids is 2. The predicted octanol–water partition coefficient (Wildman–Crippen LogP) is -0.0599. The number of aliphatic carboxylic acids is 1. The van der Waals surface area contributed by atoms with Crippen molar-refractivity contribution in [3.05, 3.63) is 0 Å². The van der Waals surface area contributed by atoms with Crippen LogP contribution in [-0.4, -0.2) is 52.5 Å². The summed E-state index contributed by atoms with van der Waals surface area (Å²) in [4.78, 5) is 36.6. The van der Waals surface area contributed by atoms with Gasteiger partial charge in [-0.15, -0.1) is 0 Å². The fraction of sp³-hybridized carbons (Fsp3) is 0.786. The standard InChI is InChI=1S/C14H25N3O4/c1-4-8(2)11(15)12(18)16-9(3)13(19)17-7-5-6-10(17)14(20)21/h8-11H,4-7,15H2,1-3H3,(H,16,18)(H,20,21)/t8-,9-,10+,11-/m0/s1. The second-order valence-corrected chi connectivity index (χ2v) is 5.67. The first-order valence-electron chi connectivity index (χ1n) is 7.38. The van der Waals surface area contributed by atoms with Gasteiger partial charge in [-0.1, -0.05) is 20.3 Å². The Balaban J connectivity index is 2.62. The molecular weight excluding hydrogens is 274 g/mol. The molecule has 0 unspecified atom stereocenters. The van der Waals surface area contributed by atoms with Crippen LogP contribution in [0.5, 0.6) is 0 Å². The summed E-state index contributed by atoms with van der Waals surface area (Å²) < 4.78 is 0. The van der Waals surface area contributed by atoms with E-state index in [0.29, 0.717) is 19.4 Å². The van der Waals surface area contributed by atoms with Crippen LogP contribution < -0.4 is 11.1 Å². The SMILES string of the molecule is CC[C@H](C)[C@H](N)C(=O)N[C@@H](C)C(=O)N1CCC[C@@H]1C(=O)O. The predicted molar refractivity (Wildman–Crippen MR) is 77.4 cm³/mol. The normalized spacial score (nSPS) is 22.5. The number of carboxylic acid groups (broad SMARTS) is 1. The van der Waals surface area contributed by atoms with Gasteiger partial charge in [0.25, 0.3) is 0 Å². The molecule has 120 valence electrons. The lowest BCUT2D eigenvalue weighted by molar-refractivity contribution is -0.149. The average Bonchev–Trinajstić information content (AvgIpc) is 2.93. The highest BCUT2D eigenvalue weighted by Crippen LogP contribution is 2.18. The monoisotopic (exact) mass is 299 g/mol. The molecule has 1 aliphatic heterocycles. The summed E-state index contributed by atoms with van der Waals surface area (Å²) in [6.45, 7) is 5.78. The minimum atomic E-state index is -1.00. The zero-order valence-electron chi connectivity index (χ0n) is 12.8. The summed E-state index contributed by atoms with van der Waals surface area (Å²) in [5, 5.41) is 11.7. The number of amides is 2. The highest BCUT2D eigenvalue weighted by molar-refractivity contribution is 5.91. The van der Waals surface area contributed by atoms with Gasteiger partial charge in [-0.25, -0.2) is 4.79 Å². The Hall–Kier alpha value is -1.63. The molecule has 4 N–H and O–H groups in total. The van der Waals surface area contributed by atoms with Crippen LogP contribution in [0.2, 0.25) is 0 Å². The maximum absolute atomic E-state index is 12.3. The average molecular weight is 299 g/mol. The lowest BCUT2D eigenvalue weighted by atomic mass is 9.99. The first-order chi connectivity index (χ1) is 9.79. The first kappa shape index (κ1) is 17.4. The minimum Gasteiger partial charge on any atom is -0.480 e. The van der Waals surface area contributed by atoms with E-state index >= 15 is 0 Å². The third kappa shape index (κ3) is 4.17. The lowest BCUT2D eigenvalue weighted by Gasteiger charge is -2.26. The minimum absolute atomic E-state index is 0.0193. The van der Waals surface area contributed by atoms with Gasteiger partial charge in [0.2, 0.25) is 11.8 Å². The summed E-state index contributed by atoms with van der Waals surface area (Å²) in [7, 11) is 0. The Labute approximate surface area is 124 Å². The molecule has 0 aromatic heterocycles. The summed E-state index contributed by atoms with van der Waals surface area (Å²) in [6, 6.07) is -2.23. The van der Waals surface area contributed by atoms with Gasteiger partial charge in [0.05, 0.1) is 6.04 Å². The van der Waals surface area contributed by atoms with Gasteiger partial charge in [-0.3, -0.25) is 9.59 Å². The van der Waals surface area contributed by atoms with E-state index in [0.717, 1.165) is 6.42 Å². The molecule has 0 radical (unpaired) electrons. The van der Waals surface area contributed by atoms with Crippen LogP contribution in [0.3, 0.4) is 0 Å². The van der Waals surface area contributed by atoms with Crippen molar-refractivity contribution in [3.8, 4) is 0 Å². The fourth-order valence-electron chi connectivity index (χ4n) is 2.42. The number of hydrogen-bond donors (Lipinski definition) is 3. The molecule has 1 fully saturated rings. The van der Waals surface area contributed by atoms with Crippen LogP contribution in [0, 0.1) is 5.92 Å². The highest BCUT2D eigenvalue weighted by Gasteiger charge is 2.36. The maximum Gasteiger partial charge on any atom is 0.326 e. The Morgan fingerprint density at radius 1 is 1.38 bits per heavy atom. The van der Waals surface area contributed by atoms with E-state index < -0.39 is 24.1 Å². The molecule has 0 saturated carbocycles. The molecule has 0 spiro atoms. The Morgan fingerprint density at radius 2 is 2.00 bits per heavy atom. The number of nitrogens with two attached hydrogens (primary N) is 1. The van der Waals surface area contributed by atoms with Gasteiger partial charge in [-0.05, 0) is 25.7 Å². The van der Waals surface area contributed by atoms with E-state index in [2.05, 4.69) is 5.32 Å². The number of hydrogen-bond acceptors (Lipinski definition) is 4. The van der Waals surface area contributed by atoms with Crippen LogP contribution in [0.25, 0.3) is 0 Å². The van der Waals surface area contributed by atoms with Gasteiger partial charge in [-0.2, -0.15) is 0 Å². The van der Waals surface area contributed by atoms with Crippen LogP contribution in [-0.2, 0) is 14.4 Å². The molecule has 7 nitrogen and oxygen atoms in total. The lowest BCUT2D eigenvalue weighted by Crippen LogP contribution is -2.54. The summed E-state index contributed by atoms with van der Waals surface area (Å²) in [5.74, 6) is -1.73. The highest BCUT2D eigenvalue weighted by atomic mass is 16.4. The molecule has 1 saturated heterocycles. The molecule has 1 heterocycles. The number of rotatable bonds is 6. The third-order valence-electron chi connectivity index (χ3n) is 4.11. The molecule has 0 aromatic carbocycles. The molecule has 4 atom stereocenters. The van der Waals surface area contributed by atoms with E-state index in [-0.39, 0.29) is 17.7 Å². The number of nitrogens with zero attached hydrogens (tertiary/aromatic N) is 1. The zero-order chi connectivity index (χ0) is 16.2. The molecule has 21 heavy (non-hydrogen) atoms. The molecule has 7 heteroatoms. The Kier molecular flexibility index (Phi) is 6.14. The summed E-state index contributed by atoms with van der Waals surface area (Å²) >= 11 is 0. The Morgan fingerprint density at radius 3 is 2.52 bits per heavy atom. The van der Waals surface area contributed by atoms with E-state index in [1.165, 1.54) is 4.90 Å². The molecule has 2 amide bonds. The second kappa shape index (κ2) is 7.40. The van der Waals surface area contributed by atoms with E-state index in [4.69, 9.17) is 10.8 Å². The Bertz CT molecular complexity index is 413. The molecular formula is C14H25N3O4. The number of carbonyl (C=O) groups is 3. The first-order valence-corrected chi connectivity index (χ1v) is 7.38. The molecule has 1 aliphatic rings. The van der Waals surface area contributed by atoms with Crippen molar-refractivity contribution < 1.29 is 19.5 Å². The van der Waals surface area contributed by atoms with Crippen LogP contribution in [0.15, 0.2) is 0 Å². The van der Waals surface area contributed by atoms with Crippen molar-refractivity contribution in [2.75, 3.05) is 6.54 Å². The third-order valence-corrected chi connectivity index (χ3v) is 4.11. The molecule has 0 aliphatic carbocycles. The number of nitrogens with one attached hydrogen (secondary N) is 1. The smallest absolute Gasteiger partial charge is 0.326 e. The van der Waals surface area contributed by atoms with Gasteiger partial charge in [0, 0.05) is 6.54 Å². The van der Waals surface area contributed by atoms with Gasteiger partial charge in [0.15, 0.2) is 0 Å². The van der Waals surface area contributed by atoms with E-state index in [9.17, 15) is 14.4 Å². The van der Waals surface area contributed by atoms with Crippen molar-refractivity contribution in [2.45, 2.75) is 58.2 Å². The van der Waals surface area contributed by atoms with Gasteiger partial charge >= 0.3 is 5.97 Å². The molecule has 1 rings (SSSR count). The fourth-order valence-corrected chi connectivity index (χ4v) is 2.42. The van der Waals surface area contributed by atoms with Crippen molar-refractivity contribution in [2.24, 2.45) is 11.7 Å². The van der Waals surface area contributed by atoms with Crippen molar-refractivity contribution in [3.63, 3.8) is 0 Å². The van der Waals surface area contributed by atoms with Crippen LogP contribution in [0.4, 0.5) is 0 Å². The zero-order valence-corrected chi connectivity index (χ0v) is 12.8. The van der Waals surface area contributed by atoms with Crippen molar-refractivity contribution in [1.29, 1.82) is 0 Å². The van der Waals surface area contributed by atoms with E-state index in [1.54, 1.807) is 6.92 Å². The van der Waals surface area contributed by atoms with Gasteiger partial charge < -0.3 is 21.1 Å². The van der Waals surface area contributed by atoms with Crippen LogP contribution >= 0.6 is 0 Å². The van der Waals surface area contributed by atoms with Crippen molar-refractivity contribution in [1.82, 2.24) is 10.2 Å². The largest absolute Gasteiger partial charge is 0.480 e. The number of likely N-dealkylation sites (tertiary alicyclic amines) is 1. The molecule has 0 aromatic rings. The van der Waals surface area contributed by atoms with E-state index in [1.807, 2.05) is 13.8 Å². The topological polar surface area (TPSA) is 113 Å². The van der Waals surface area contributed by atoms with Crippen LogP contribution in [0.1, 0.15) is 40.0 Å². The molecule has 0 bridgehead atoms. The maximum atomic E-state index is 12.3. The van der Waals surface area contributed by atoms with Crippen molar-refractivity contribution >= 4 is 17.8 Å². The quantitative estimate of drug-likeness (QED) is 0.636. The second-order valence-electron chi connectivity index (χ2n) is 5.67. The van der Waals surface area contributed by atoms with Gasteiger partial charge in [0.1, 0.15) is 12.1 Å².